The first-order chi connectivity index (χ1) is 9.67. The fraction of sp³-hybridized carbons (Fsp3) is 0.188. The third kappa shape index (κ3) is 4.17. The molecule has 0 heterocycles. The second-order valence-corrected chi connectivity index (χ2v) is 4.56. The number of rotatable bonds is 5. The van der Waals surface area contributed by atoms with Crippen LogP contribution in [0.5, 0.6) is 0 Å². The lowest BCUT2D eigenvalue weighted by atomic mass is 10.1. The molecule has 2 N–H and O–H groups in total. The van der Waals surface area contributed by atoms with Crippen LogP contribution in [0.1, 0.15) is 16.7 Å². The first kappa shape index (κ1) is 14.2. The molecule has 1 amide bonds. The number of halogens is 1. The van der Waals surface area contributed by atoms with Crippen molar-refractivity contribution in [1.29, 1.82) is 0 Å². The second-order valence-electron chi connectivity index (χ2n) is 4.56. The van der Waals surface area contributed by atoms with E-state index in [0.717, 1.165) is 11.1 Å². The number of aliphatic hydroxyl groups excluding tert-OH is 1. The Balaban J connectivity index is 1.85. The van der Waals surface area contributed by atoms with E-state index in [1.807, 2.05) is 24.3 Å². The Morgan fingerprint density at radius 1 is 1.05 bits per heavy atom. The first-order valence-electron chi connectivity index (χ1n) is 6.37. The molecule has 2 aromatic carbocycles. The SMILES string of the molecule is O=C(Cc1cccc(F)c1)NCc1ccc(CO)cc1. The standard InChI is InChI=1S/C16H16FNO2/c17-15-3-1-2-14(8-15)9-16(20)18-10-12-4-6-13(11-19)7-5-12/h1-8,19H,9-11H2,(H,18,20). The summed E-state index contributed by atoms with van der Waals surface area (Å²) in [5.41, 5.74) is 2.44. The predicted molar refractivity (Wildman–Crippen MR) is 74.3 cm³/mol. The summed E-state index contributed by atoms with van der Waals surface area (Å²) in [7, 11) is 0. The van der Waals surface area contributed by atoms with Crippen molar-refractivity contribution < 1.29 is 14.3 Å². The topological polar surface area (TPSA) is 49.3 Å². The van der Waals surface area contributed by atoms with Gasteiger partial charge in [0.15, 0.2) is 0 Å². The maximum atomic E-state index is 13.0. The number of hydrogen-bond acceptors (Lipinski definition) is 2. The van der Waals surface area contributed by atoms with Crippen LogP contribution in [0.2, 0.25) is 0 Å². The molecule has 0 saturated carbocycles. The minimum Gasteiger partial charge on any atom is -0.392 e. The van der Waals surface area contributed by atoms with Gasteiger partial charge in [-0.2, -0.15) is 0 Å². The summed E-state index contributed by atoms with van der Waals surface area (Å²) in [6.45, 7) is 0.423. The monoisotopic (exact) mass is 273 g/mol. The molecule has 0 aliphatic carbocycles. The Morgan fingerprint density at radius 3 is 2.40 bits per heavy atom. The lowest BCUT2D eigenvalue weighted by molar-refractivity contribution is -0.120. The zero-order valence-corrected chi connectivity index (χ0v) is 11.0. The maximum absolute atomic E-state index is 13.0. The highest BCUT2D eigenvalue weighted by atomic mass is 19.1. The van der Waals surface area contributed by atoms with Crippen molar-refractivity contribution in [3.8, 4) is 0 Å². The fourth-order valence-corrected chi connectivity index (χ4v) is 1.86. The summed E-state index contributed by atoms with van der Waals surface area (Å²) >= 11 is 0. The number of carbonyl (C=O) groups excluding carboxylic acids is 1. The smallest absolute Gasteiger partial charge is 0.224 e. The van der Waals surface area contributed by atoms with Gasteiger partial charge in [-0.05, 0) is 28.8 Å². The van der Waals surface area contributed by atoms with Crippen LogP contribution in [0.25, 0.3) is 0 Å². The molecule has 20 heavy (non-hydrogen) atoms. The molecule has 0 fully saturated rings. The van der Waals surface area contributed by atoms with E-state index in [4.69, 9.17) is 5.11 Å². The van der Waals surface area contributed by atoms with Crippen molar-refractivity contribution in [3.63, 3.8) is 0 Å². The number of nitrogens with one attached hydrogen (secondary N) is 1. The first-order valence-corrected chi connectivity index (χ1v) is 6.37. The number of amides is 1. The Morgan fingerprint density at radius 2 is 1.75 bits per heavy atom. The number of carbonyl (C=O) groups is 1. The number of hydrogen-bond donors (Lipinski definition) is 2. The van der Waals surface area contributed by atoms with Gasteiger partial charge in [0.05, 0.1) is 13.0 Å². The molecule has 4 heteroatoms. The van der Waals surface area contributed by atoms with Crippen molar-refractivity contribution in [2.45, 2.75) is 19.6 Å². The summed E-state index contributed by atoms with van der Waals surface area (Å²) in [6.07, 6.45) is 0.159. The lowest BCUT2D eigenvalue weighted by Crippen LogP contribution is -2.24. The van der Waals surface area contributed by atoms with Gasteiger partial charge >= 0.3 is 0 Å². The third-order valence-corrected chi connectivity index (χ3v) is 2.95. The highest BCUT2D eigenvalue weighted by Crippen LogP contribution is 2.06. The van der Waals surface area contributed by atoms with Gasteiger partial charge in [0.1, 0.15) is 5.82 Å². The molecule has 0 bridgehead atoms. The normalized spacial score (nSPS) is 10.3. The van der Waals surface area contributed by atoms with E-state index in [2.05, 4.69) is 5.32 Å². The highest BCUT2D eigenvalue weighted by Gasteiger charge is 2.04. The van der Waals surface area contributed by atoms with E-state index in [-0.39, 0.29) is 24.8 Å². The summed E-state index contributed by atoms with van der Waals surface area (Å²) in [5, 5.41) is 11.7. The van der Waals surface area contributed by atoms with Crippen LogP contribution in [0.3, 0.4) is 0 Å². The number of aliphatic hydroxyl groups is 1. The van der Waals surface area contributed by atoms with Gasteiger partial charge in [-0.3, -0.25) is 4.79 Å². The minimum absolute atomic E-state index is 0.00616. The minimum atomic E-state index is -0.338. The molecule has 104 valence electrons. The van der Waals surface area contributed by atoms with Crippen LogP contribution < -0.4 is 5.32 Å². The summed E-state index contributed by atoms with van der Waals surface area (Å²) in [6, 6.07) is 13.4. The summed E-state index contributed by atoms with van der Waals surface area (Å²) in [4.78, 5) is 11.7. The van der Waals surface area contributed by atoms with E-state index in [9.17, 15) is 9.18 Å². The third-order valence-electron chi connectivity index (χ3n) is 2.95. The molecule has 0 aromatic heterocycles. The molecule has 0 radical (unpaired) electrons. The number of benzene rings is 2. The van der Waals surface area contributed by atoms with Gasteiger partial charge < -0.3 is 10.4 Å². The Kier molecular flexibility index (Phi) is 4.85. The molecular weight excluding hydrogens is 257 g/mol. The lowest BCUT2D eigenvalue weighted by Gasteiger charge is -2.06. The van der Waals surface area contributed by atoms with Crippen LogP contribution in [-0.4, -0.2) is 11.0 Å². The van der Waals surface area contributed by atoms with Crippen LogP contribution in [0.4, 0.5) is 4.39 Å². The Bertz CT molecular complexity index is 581. The van der Waals surface area contributed by atoms with E-state index >= 15 is 0 Å². The van der Waals surface area contributed by atoms with Crippen molar-refractivity contribution in [2.24, 2.45) is 0 Å². The quantitative estimate of drug-likeness (QED) is 0.877. The average Bonchev–Trinajstić information content (AvgIpc) is 2.46. The van der Waals surface area contributed by atoms with Crippen LogP contribution >= 0.6 is 0 Å². The van der Waals surface area contributed by atoms with E-state index in [1.54, 1.807) is 12.1 Å². The van der Waals surface area contributed by atoms with Gasteiger partial charge in [0.2, 0.25) is 5.91 Å². The van der Waals surface area contributed by atoms with E-state index in [0.29, 0.717) is 12.1 Å². The van der Waals surface area contributed by atoms with Gasteiger partial charge in [-0.25, -0.2) is 4.39 Å². The molecule has 0 unspecified atom stereocenters. The van der Waals surface area contributed by atoms with Crippen molar-refractivity contribution in [3.05, 3.63) is 71.0 Å². The zero-order chi connectivity index (χ0) is 14.4. The fourth-order valence-electron chi connectivity index (χ4n) is 1.86. The van der Waals surface area contributed by atoms with E-state index in [1.165, 1.54) is 12.1 Å². The summed E-state index contributed by atoms with van der Waals surface area (Å²) < 4.78 is 13.0. The van der Waals surface area contributed by atoms with Crippen molar-refractivity contribution >= 4 is 5.91 Å². The highest BCUT2D eigenvalue weighted by molar-refractivity contribution is 5.78. The molecule has 2 aromatic rings. The van der Waals surface area contributed by atoms with Gasteiger partial charge in [0.25, 0.3) is 0 Å². The van der Waals surface area contributed by atoms with Gasteiger partial charge in [-0.1, -0.05) is 36.4 Å². The maximum Gasteiger partial charge on any atom is 0.224 e. The molecular formula is C16H16FNO2. The van der Waals surface area contributed by atoms with Crippen molar-refractivity contribution in [2.75, 3.05) is 0 Å². The zero-order valence-electron chi connectivity index (χ0n) is 11.0. The van der Waals surface area contributed by atoms with Crippen LogP contribution in [0.15, 0.2) is 48.5 Å². The second kappa shape index (κ2) is 6.82. The average molecular weight is 273 g/mol. The molecule has 0 atom stereocenters. The van der Waals surface area contributed by atoms with E-state index < -0.39 is 0 Å². The molecule has 0 saturated heterocycles. The van der Waals surface area contributed by atoms with Gasteiger partial charge in [-0.15, -0.1) is 0 Å². The van der Waals surface area contributed by atoms with Crippen molar-refractivity contribution in [1.82, 2.24) is 5.32 Å². The molecule has 3 nitrogen and oxygen atoms in total. The predicted octanol–water partition coefficient (Wildman–Crippen LogP) is 2.18. The molecule has 2 rings (SSSR count). The van der Waals surface area contributed by atoms with Gasteiger partial charge in [0, 0.05) is 6.54 Å². The molecule has 0 spiro atoms. The summed E-state index contributed by atoms with van der Waals surface area (Å²) in [5.74, 6) is -0.489. The Labute approximate surface area is 117 Å². The Hall–Kier alpha value is -2.20. The largest absolute Gasteiger partial charge is 0.392 e. The van der Waals surface area contributed by atoms with Crippen LogP contribution in [0, 0.1) is 5.82 Å². The molecule has 0 aliphatic heterocycles. The van der Waals surface area contributed by atoms with Crippen LogP contribution in [-0.2, 0) is 24.4 Å². The molecule has 0 aliphatic rings.